The lowest BCUT2D eigenvalue weighted by molar-refractivity contribution is -0.116. The van der Waals surface area contributed by atoms with E-state index >= 15 is 0 Å². The minimum atomic E-state index is 0.389. The second-order valence-electron chi connectivity index (χ2n) is 4.98. The molecule has 2 rings (SSSR count). The molecular formula is C14H20O. The highest BCUT2D eigenvalue weighted by atomic mass is 16.1. The molecule has 0 fully saturated rings. The Labute approximate surface area is 92.3 Å². The highest BCUT2D eigenvalue weighted by Gasteiger charge is 2.19. The van der Waals surface area contributed by atoms with E-state index in [2.05, 4.69) is 19.1 Å². The summed E-state index contributed by atoms with van der Waals surface area (Å²) in [5.74, 6) is 0.946. The molecule has 0 N–H and O–H groups in total. The van der Waals surface area contributed by atoms with Gasteiger partial charge >= 0.3 is 0 Å². The molecule has 1 nitrogen and oxygen atoms in total. The number of hydrogen-bond donors (Lipinski definition) is 0. The summed E-state index contributed by atoms with van der Waals surface area (Å²) >= 11 is 0. The van der Waals surface area contributed by atoms with Crippen LogP contribution in [0.25, 0.3) is 0 Å². The van der Waals surface area contributed by atoms with E-state index in [4.69, 9.17) is 0 Å². The van der Waals surface area contributed by atoms with E-state index < -0.39 is 0 Å². The minimum Gasteiger partial charge on any atom is -0.295 e. The third-order valence-corrected chi connectivity index (χ3v) is 3.46. The van der Waals surface area contributed by atoms with Crippen LogP contribution in [0.3, 0.4) is 0 Å². The van der Waals surface area contributed by atoms with E-state index in [-0.39, 0.29) is 0 Å². The van der Waals surface area contributed by atoms with Crippen LogP contribution in [0.1, 0.15) is 51.9 Å². The lowest BCUT2D eigenvalue weighted by Gasteiger charge is -2.19. The Kier molecular flexibility index (Phi) is 3.40. The van der Waals surface area contributed by atoms with Gasteiger partial charge in [-0.15, -0.1) is 0 Å². The van der Waals surface area contributed by atoms with Gasteiger partial charge in [0.15, 0.2) is 5.78 Å². The monoisotopic (exact) mass is 204 g/mol. The van der Waals surface area contributed by atoms with Gasteiger partial charge in [-0.3, -0.25) is 4.79 Å². The summed E-state index contributed by atoms with van der Waals surface area (Å²) in [5, 5.41) is 0. The molecule has 0 aliphatic heterocycles. The van der Waals surface area contributed by atoms with Crippen LogP contribution in [0.15, 0.2) is 23.3 Å². The first kappa shape index (κ1) is 10.7. The summed E-state index contributed by atoms with van der Waals surface area (Å²) in [6.07, 6.45) is 12.4. The van der Waals surface area contributed by atoms with Gasteiger partial charge in [0.1, 0.15) is 0 Å². The predicted octanol–water partition coefficient (Wildman–Crippen LogP) is 3.80. The van der Waals surface area contributed by atoms with E-state index in [0.717, 1.165) is 24.8 Å². The third kappa shape index (κ3) is 2.80. The van der Waals surface area contributed by atoms with E-state index in [1.54, 1.807) is 0 Å². The van der Waals surface area contributed by atoms with Gasteiger partial charge in [-0.2, -0.15) is 0 Å². The van der Waals surface area contributed by atoms with Crippen LogP contribution < -0.4 is 0 Å². The number of hydrogen-bond acceptors (Lipinski definition) is 1. The Hall–Kier alpha value is -0.850. The number of allylic oxidation sites excluding steroid dienone is 4. The van der Waals surface area contributed by atoms with Gasteiger partial charge in [-0.25, -0.2) is 0 Å². The molecule has 1 heteroatoms. The third-order valence-electron chi connectivity index (χ3n) is 3.46. The zero-order valence-electron chi connectivity index (χ0n) is 9.59. The minimum absolute atomic E-state index is 0.389. The Balaban J connectivity index is 1.99. The number of carbonyl (C=O) groups excluding carboxylic acids is 1. The smallest absolute Gasteiger partial charge is 0.159 e. The van der Waals surface area contributed by atoms with Crippen molar-refractivity contribution in [2.75, 3.05) is 0 Å². The van der Waals surface area contributed by atoms with E-state index in [9.17, 15) is 4.79 Å². The van der Waals surface area contributed by atoms with E-state index in [1.807, 2.05) is 0 Å². The molecule has 2 aliphatic rings. The molecule has 0 spiro atoms. The molecule has 0 radical (unpaired) electrons. The molecule has 15 heavy (non-hydrogen) atoms. The van der Waals surface area contributed by atoms with Crippen molar-refractivity contribution in [3.8, 4) is 0 Å². The molecular weight excluding hydrogens is 184 g/mol. The number of carbonyl (C=O) groups is 1. The van der Waals surface area contributed by atoms with Crippen molar-refractivity contribution < 1.29 is 4.79 Å². The Morgan fingerprint density at radius 3 is 2.87 bits per heavy atom. The Morgan fingerprint density at radius 2 is 2.20 bits per heavy atom. The number of Topliss-reactive ketones (excluding diaryl/α,β-unsaturated/α-hetero) is 1. The summed E-state index contributed by atoms with van der Waals surface area (Å²) in [4.78, 5) is 11.8. The van der Waals surface area contributed by atoms with Crippen LogP contribution >= 0.6 is 0 Å². The summed E-state index contributed by atoms with van der Waals surface area (Å²) in [6, 6.07) is 0. The van der Waals surface area contributed by atoms with Crippen molar-refractivity contribution in [1.29, 1.82) is 0 Å². The zero-order valence-corrected chi connectivity index (χ0v) is 9.59. The summed E-state index contributed by atoms with van der Waals surface area (Å²) in [6.45, 7) is 2.16. The molecule has 0 heterocycles. The Bertz CT molecular complexity index is 309. The molecule has 1 atom stereocenters. The van der Waals surface area contributed by atoms with E-state index in [1.165, 1.54) is 31.3 Å². The fourth-order valence-corrected chi connectivity index (χ4v) is 2.47. The SMILES string of the molecule is CC1CC=C(CC2=CCCCC2)C(=O)C1. The molecule has 0 bridgehead atoms. The van der Waals surface area contributed by atoms with Crippen LogP contribution in [0.2, 0.25) is 0 Å². The van der Waals surface area contributed by atoms with Crippen molar-refractivity contribution in [2.24, 2.45) is 5.92 Å². The summed E-state index contributed by atoms with van der Waals surface area (Å²) in [5.41, 5.74) is 2.58. The van der Waals surface area contributed by atoms with Gasteiger partial charge in [0.05, 0.1) is 0 Å². The lowest BCUT2D eigenvalue weighted by Crippen LogP contribution is -2.14. The average Bonchev–Trinajstić information content (AvgIpc) is 2.24. The van der Waals surface area contributed by atoms with Crippen LogP contribution in [0, 0.1) is 5.92 Å². The van der Waals surface area contributed by atoms with Gasteiger partial charge in [-0.1, -0.05) is 24.6 Å². The highest BCUT2D eigenvalue weighted by Crippen LogP contribution is 2.28. The molecule has 1 unspecified atom stereocenters. The first-order valence-electron chi connectivity index (χ1n) is 6.16. The summed E-state index contributed by atoms with van der Waals surface area (Å²) in [7, 11) is 0. The van der Waals surface area contributed by atoms with Crippen LogP contribution in [0.4, 0.5) is 0 Å². The lowest BCUT2D eigenvalue weighted by atomic mass is 9.85. The summed E-state index contributed by atoms with van der Waals surface area (Å²) < 4.78 is 0. The number of rotatable bonds is 2. The molecule has 0 aromatic carbocycles. The molecule has 82 valence electrons. The quantitative estimate of drug-likeness (QED) is 0.625. The standard InChI is InChI=1S/C14H20O/c1-11-7-8-13(14(15)9-11)10-12-5-3-2-4-6-12/h5,8,11H,2-4,6-7,9-10H2,1H3. The average molecular weight is 204 g/mol. The largest absolute Gasteiger partial charge is 0.295 e. The molecule has 2 aliphatic carbocycles. The fourth-order valence-electron chi connectivity index (χ4n) is 2.47. The van der Waals surface area contributed by atoms with Gasteiger partial charge in [-0.05, 0) is 50.0 Å². The van der Waals surface area contributed by atoms with Crippen LogP contribution in [0.5, 0.6) is 0 Å². The topological polar surface area (TPSA) is 17.1 Å². The van der Waals surface area contributed by atoms with Crippen LogP contribution in [-0.4, -0.2) is 5.78 Å². The van der Waals surface area contributed by atoms with Gasteiger partial charge in [0.25, 0.3) is 0 Å². The molecule has 0 aromatic heterocycles. The maximum atomic E-state index is 11.8. The van der Waals surface area contributed by atoms with Crippen molar-refractivity contribution in [1.82, 2.24) is 0 Å². The van der Waals surface area contributed by atoms with Crippen molar-refractivity contribution in [3.63, 3.8) is 0 Å². The van der Waals surface area contributed by atoms with Gasteiger partial charge in [0, 0.05) is 6.42 Å². The van der Waals surface area contributed by atoms with Crippen molar-refractivity contribution >= 4 is 5.78 Å². The first-order valence-corrected chi connectivity index (χ1v) is 6.16. The normalized spacial score (nSPS) is 27.3. The maximum absolute atomic E-state index is 11.8. The van der Waals surface area contributed by atoms with Gasteiger partial charge in [0.2, 0.25) is 0 Å². The molecule has 0 saturated heterocycles. The fraction of sp³-hybridized carbons (Fsp3) is 0.643. The number of ketones is 1. The Morgan fingerprint density at radius 1 is 1.33 bits per heavy atom. The molecule has 0 aromatic rings. The van der Waals surface area contributed by atoms with Crippen molar-refractivity contribution in [3.05, 3.63) is 23.3 Å². The van der Waals surface area contributed by atoms with E-state index in [0.29, 0.717) is 11.7 Å². The first-order chi connectivity index (χ1) is 7.25. The second-order valence-corrected chi connectivity index (χ2v) is 4.98. The predicted molar refractivity (Wildman–Crippen MR) is 62.7 cm³/mol. The second kappa shape index (κ2) is 4.78. The van der Waals surface area contributed by atoms with Crippen molar-refractivity contribution in [2.45, 2.75) is 51.9 Å². The zero-order chi connectivity index (χ0) is 10.7. The van der Waals surface area contributed by atoms with Gasteiger partial charge < -0.3 is 0 Å². The highest BCUT2D eigenvalue weighted by molar-refractivity contribution is 5.96. The maximum Gasteiger partial charge on any atom is 0.159 e. The van der Waals surface area contributed by atoms with Crippen LogP contribution in [-0.2, 0) is 4.79 Å². The molecule has 0 amide bonds. The molecule has 0 saturated carbocycles.